The van der Waals surface area contributed by atoms with Crippen LogP contribution in [0.25, 0.3) is 10.4 Å². The number of nitrogens with zero attached hydrogens (tertiary/aromatic N) is 3. The van der Waals surface area contributed by atoms with Crippen LogP contribution in [0.15, 0.2) is 41.5 Å². The first-order valence-corrected chi connectivity index (χ1v) is 10.8. The molecule has 3 N–H and O–H groups in total. The second-order valence-electron chi connectivity index (χ2n) is 7.70. The lowest BCUT2D eigenvalue weighted by Crippen LogP contribution is -2.37. The summed E-state index contributed by atoms with van der Waals surface area (Å²) in [4.78, 5) is 2.60. The van der Waals surface area contributed by atoms with Crippen LogP contribution in [0.1, 0.15) is 25.0 Å². The minimum absolute atomic E-state index is 0.00111. The van der Waals surface area contributed by atoms with Crippen molar-refractivity contribution in [3.63, 3.8) is 0 Å². The summed E-state index contributed by atoms with van der Waals surface area (Å²) >= 11 is 18.2. The molecule has 1 atom stereocenters. The molecule has 0 aliphatic heterocycles. The van der Waals surface area contributed by atoms with Crippen molar-refractivity contribution in [1.82, 2.24) is 0 Å². The Labute approximate surface area is 200 Å². The molecular weight excluding hydrogens is 481 g/mol. The zero-order chi connectivity index (χ0) is 23.9. The van der Waals surface area contributed by atoms with E-state index in [0.29, 0.717) is 5.75 Å². The number of halogens is 3. The van der Waals surface area contributed by atoms with Crippen LogP contribution in [0.3, 0.4) is 0 Å². The summed E-state index contributed by atoms with van der Waals surface area (Å²) in [5.41, 5.74) is 9.56. The number of hydrogen-bond acceptors (Lipinski definition) is 6. The third kappa shape index (κ3) is 7.05. The second-order valence-corrected chi connectivity index (χ2v) is 8.78. The van der Waals surface area contributed by atoms with Gasteiger partial charge in [0.25, 0.3) is 0 Å². The van der Waals surface area contributed by atoms with Crippen LogP contribution in [0, 0.1) is 0 Å². The summed E-state index contributed by atoms with van der Waals surface area (Å²) in [6.45, 7) is 3.44. The predicted molar refractivity (Wildman–Crippen MR) is 124 cm³/mol. The minimum atomic E-state index is -2.20. The summed E-state index contributed by atoms with van der Waals surface area (Å²) in [5.74, 6) is -1.94. The average Bonchev–Trinajstić information content (AvgIpc) is 2.75. The summed E-state index contributed by atoms with van der Waals surface area (Å²) in [5, 5.41) is 32.6. The Morgan fingerprint density at radius 2 is 1.66 bits per heavy atom. The van der Waals surface area contributed by atoms with Gasteiger partial charge in [-0.3, -0.25) is 0 Å². The van der Waals surface area contributed by atoms with Crippen LogP contribution in [0.2, 0.25) is 10.0 Å². The quantitative estimate of drug-likeness (QED) is 0.135. The highest BCUT2D eigenvalue weighted by Crippen LogP contribution is 2.41. The maximum Gasteiger partial charge on any atom is 0.211 e. The Morgan fingerprint density at radius 1 is 1.06 bits per heavy atom. The van der Waals surface area contributed by atoms with Gasteiger partial charge in [0.1, 0.15) is 19.0 Å². The molecule has 2 aromatic rings. The van der Waals surface area contributed by atoms with Gasteiger partial charge in [0.2, 0.25) is 5.79 Å². The van der Waals surface area contributed by atoms with E-state index in [2.05, 4.69) is 10.0 Å². The third-order valence-corrected chi connectivity index (χ3v) is 5.75. The van der Waals surface area contributed by atoms with Crippen LogP contribution in [0.4, 0.5) is 0 Å². The zero-order valence-corrected chi connectivity index (χ0v) is 19.8. The Bertz CT molecular complexity index is 941. The molecular formula is C21H24Cl3N3O5. The monoisotopic (exact) mass is 503 g/mol. The molecule has 174 valence electrons. The van der Waals surface area contributed by atoms with E-state index in [1.165, 1.54) is 0 Å². The topological polar surface area (TPSA) is 128 Å². The summed E-state index contributed by atoms with van der Waals surface area (Å²) in [7, 11) is 0. The fourth-order valence-electron chi connectivity index (χ4n) is 2.80. The number of rotatable bonds is 11. The molecule has 8 nitrogen and oxygen atoms in total. The average molecular weight is 505 g/mol. The van der Waals surface area contributed by atoms with Crippen molar-refractivity contribution in [1.29, 1.82) is 0 Å². The highest BCUT2D eigenvalue weighted by Gasteiger charge is 2.27. The molecule has 0 aliphatic carbocycles. The molecule has 2 rings (SSSR count). The van der Waals surface area contributed by atoms with Gasteiger partial charge in [0, 0.05) is 10.3 Å². The fourth-order valence-corrected chi connectivity index (χ4v) is 3.47. The fraction of sp³-hybridized carbons (Fsp3) is 0.429. The van der Waals surface area contributed by atoms with Crippen molar-refractivity contribution in [3.05, 3.63) is 68.0 Å². The molecule has 0 unspecified atom stereocenters. The lowest BCUT2D eigenvalue weighted by atomic mass is 9.78. The maximum absolute atomic E-state index is 9.69. The lowest BCUT2D eigenvalue weighted by Gasteiger charge is -2.28. The van der Waals surface area contributed by atoms with Gasteiger partial charge in [-0.2, -0.15) is 0 Å². The van der Waals surface area contributed by atoms with Crippen molar-refractivity contribution in [3.8, 4) is 11.5 Å². The van der Waals surface area contributed by atoms with Gasteiger partial charge in [-0.25, -0.2) is 0 Å². The van der Waals surface area contributed by atoms with Crippen molar-refractivity contribution < 1.29 is 24.8 Å². The Balaban J connectivity index is 2.16. The molecule has 0 saturated heterocycles. The molecule has 0 saturated carbocycles. The Kier molecular flexibility index (Phi) is 9.30. The van der Waals surface area contributed by atoms with Gasteiger partial charge >= 0.3 is 0 Å². The van der Waals surface area contributed by atoms with Crippen LogP contribution in [-0.4, -0.2) is 52.8 Å². The van der Waals surface area contributed by atoms with Crippen molar-refractivity contribution in [2.45, 2.75) is 31.2 Å². The van der Waals surface area contributed by atoms with E-state index in [0.717, 1.165) is 11.1 Å². The predicted octanol–water partition coefficient (Wildman–Crippen LogP) is 4.67. The van der Waals surface area contributed by atoms with Gasteiger partial charge in [0.05, 0.1) is 28.6 Å². The standard InChI is InChI=1S/C21H24Cl3N3O5/c1-20(2,13-3-5-16(6-4-13)31-10-15(28)9-26-27-25)14-7-17(23)19(18(24)8-14)32-12-21(29,30)11-22/h3-8,15,28-30H,9-12H2,1-2H3/t15-/m1/s1. The third-order valence-electron chi connectivity index (χ3n) is 4.76. The molecule has 0 aromatic heterocycles. The number of aliphatic hydroxyl groups excluding tert-OH is 1. The maximum atomic E-state index is 9.69. The molecule has 0 radical (unpaired) electrons. The molecule has 32 heavy (non-hydrogen) atoms. The molecule has 0 amide bonds. The number of azide groups is 1. The Hall–Kier alpha value is -1.90. The number of alkyl halides is 1. The highest BCUT2D eigenvalue weighted by atomic mass is 35.5. The number of benzene rings is 2. The summed E-state index contributed by atoms with van der Waals surface area (Å²) in [6, 6.07) is 10.7. The van der Waals surface area contributed by atoms with Crippen LogP contribution in [0.5, 0.6) is 11.5 Å². The van der Waals surface area contributed by atoms with E-state index < -0.39 is 29.8 Å². The molecule has 0 heterocycles. The van der Waals surface area contributed by atoms with Crippen molar-refractivity contribution in [2.24, 2.45) is 5.11 Å². The zero-order valence-electron chi connectivity index (χ0n) is 17.5. The summed E-state index contributed by atoms with van der Waals surface area (Å²) < 4.78 is 10.9. The van der Waals surface area contributed by atoms with E-state index in [1.807, 2.05) is 26.0 Å². The smallest absolute Gasteiger partial charge is 0.211 e. The molecule has 0 spiro atoms. The number of hydrogen-bond donors (Lipinski definition) is 3. The molecule has 2 aromatic carbocycles. The van der Waals surface area contributed by atoms with E-state index in [4.69, 9.17) is 49.8 Å². The summed E-state index contributed by atoms with van der Waals surface area (Å²) in [6.07, 6.45) is -0.890. The van der Waals surface area contributed by atoms with Gasteiger partial charge in [-0.1, -0.05) is 54.3 Å². The minimum Gasteiger partial charge on any atom is -0.491 e. The first-order chi connectivity index (χ1) is 15.0. The normalized spacial score (nSPS) is 12.8. The van der Waals surface area contributed by atoms with Gasteiger partial charge in [0.15, 0.2) is 5.75 Å². The van der Waals surface area contributed by atoms with E-state index >= 15 is 0 Å². The van der Waals surface area contributed by atoms with Crippen LogP contribution < -0.4 is 9.47 Å². The molecule has 11 heteroatoms. The Morgan fingerprint density at radius 3 is 2.19 bits per heavy atom. The number of aliphatic hydroxyl groups is 3. The molecule has 0 aliphatic rings. The first kappa shape index (κ1) is 26.4. The van der Waals surface area contributed by atoms with Crippen LogP contribution >= 0.6 is 34.8 Å². The van der Waals surface area contributed by atoms with Gasteiger partial charge in [-0.15, -0.1) is 11.6 Å². The van der Waals surface area contributed by atoms with Crippen LogP contribution in [-0.2, 0) is 5.41 Å². The number of ether oxygens (including phenoxy) is 2. The van der Waals surface area contributed by atoms with E-state index in [1.54, 1.807) is 24.3 Å². The van der Waals surface area contributed by atoms with Gasteiger partial charge in [-0.05, 0) is 40.9 Å². The van der Waals surface area contributed by atoms with Gasteiger partial charge < -0.3 is 24.8 Å². The highest BCUT2D eigenvalue weighted by molar-refractivity contribution is 6.37. The van der Waals surface area contributed by atoms with E-state index in [9.17, 15) is 15.3 Å². The van der Waals surface area contributed by atoms with E-state index in [-0.39, 0.29) is 28.9 Å². The first-order valence-electron chi connectivity index (χ1n) is 9.55. The lowest BCUT2D eigenvalue weighted by molar-refractivity contribution is -0.162. The van der Waals surface area contributed by atoms with Crippen molar-refractivity contribution in [2.75, 3.05) is 25.6 Å². The SMILES string of the molecule is CC(C)(c1ccc(OC[C@H](O)CN=[N+]=[N-])cc1)c1cc(Cl)c(OCC(O)(O)CCl)c(Cl)c1. The molecule has 0 fully saturated rings. The molecule has 0 bridgehead atoms. The second kappa shape index (κ2) is 11.3. The van der Waals surface area contributed by atoms with Crippen molar-refractivity contribution >= 4 is 34.8 Å². The largest absolute Gasteiger partial charge is 0.491 e.